The van der Waals surface area contributed by atoms with E-state index in [9.17, 15) is 9.70 Å². The van der Waals surface area contributed by atoms with Gasteiger partial charge in [0.05, 0.1) is 6.10 Å². The molecule has 0 aromatic heterocycles. The van der Waals surface area contributed by atoms with Crippen LogP contribution in [-0.4, -0.2) is 17.1 Å². The zero-order valence-electron chi connectivity index (χ0n) is 15.4. The van der Waals surface area contributed by atoms with E-state index >= 15 is 0 Å². The molecule has 142 valence electrons. The molecule has 0 aliphatic rings. The van der Waals surface area contributed by atoms with E-state index in [0.29, 0.717) is 28.1 Å². The lowest BCUT2D eigenvalue weighted by atomic mass is 10.1. The van der Waals surface area contributed by atoms with Crippen LogP contribution in [-0.2, 0) is 0 Å². The van der Waals surface area contributed by atoms with Gasteiger partial charge >= 0.3 is 0 Å². The molecule has 0 heterocycles. The number of thiocarbonyl (C=S) groups is 1. The summed E-state index contributed by atoms with van der Waals surface area (Å²) >= 11 is 5.27. The van der Waals surface area contributed by atoms with Crippen LogP contribution in [0.5, 0.6) is 5.75 Å². The van der Waals surface area contributed by atoms with Crippen LogP contribution in [0.3, 0.4) is 0 Å². The molecule has 6 nitrogen and oxygen atoms in total. The number of carbonyl (C=O) groups is 1. The molecule has 0 atom stereocenters. The van der Waals surface area contributed by atoms with Crippen molar-refractivity contribution in [2.24, 2.45) is 5.18 Å². The predicted molar refractivity (Wildman–Crippen MR) is 115 cm³/mol. The van der Waals surface area contributed by atoms with E-state index in [0.717, 1.165) is 5.39 Å². The van der Waals surface area contributed by atoms with Crippen LogP contribution in [0.25, 0.3) is 10.8 Å². The fourth-order valence-corrected chi connectivity index (χ4v) is 2.97. The molecule has 7 heteroatoms. The molecule has 0 fully saturated rings. The van der Waals surface area contributed by atoms with Gasteiger partial charge in [0.25, 0.3) is 5.91 Å². The molecule has 3 rings (SSSR count). The average Bonchev–Trinajstić information content (AvgIpc) is 2.67. The third kappa shape index (κ3) is 4.50. The third-order valence-corrected chi connectivity index (χ3v) is 4.17. The smallest absolute Gasteiger partial charge is 0.257 e. The second-order valence-electron chi connectivity index (χ2n) is 6.37. The van der Waals surface area contributed by atoms with Crippen molar-refractivity contribution in [1.82, 2.24) is 5.32 Å². The van der Waals surface area contributed by atoms with Gasteiger partial charge in [0.1, 0.15) is 11.4 Å². The Morgan fingerprint density at radius 3 is 2.36 bits per heavy atom. The molecular formula is C21H19N3O3S. The summed E-state index contributed by atoms with van der Waals surface area (Å²) in [6, 6.07) is 17.5. The normalized spacial score (nSPS) is 10.5. The number of nitrogens with one attached hydrogen (secondary N) is 2. The fraction of sp³-hybridized carbons (Fsp3) is 0.143. The number of carbonyl (C=O) groups excluding carboxylic acids is 1. The van der Waals surface area contributed by atoms with Gasteiger partial charge in [-0.05, 0) is 67.6 Å². The van der Waals surface area contributed by atoms with Crippen LogP contribution >= 0.6 is 12.2 Å². The van der Waals surface area contributed by atoms with Crippen LogP contribution in [0, 0.1) is 4.91 Å². The minimum atomic E-state index is -0.330. The summed E-state index contributed by atoms with van der Waals surface area (Å²) in [5, 5.41) is 10.3. The lowest BCUT2D eigenvalue weighted by Crippen LogP contribution is -2.34. The van der Waals surface area contributed by atoms with Crippen LogP contribution in [0.1, 0.15) is 24.2 Å². The Labute approximate surface area is 167 Å². The fourth-order valence-electron chi connectivity index (χ4n) is 2.77. The zero-order chi connectivity index (χ0) is 20.1. The topological polar surface area (TPSA) is 79.8 Å². The van der Waals surface area contributed by atoms with E-state index in [1.807, 2.05) is 26.0 Å². The number of nitrogens with zero attached hydrogens (tertiary/aromatic N) is 1. The van der Waals surface area contributed by atoms with Gasteiger partial charge in [-0.15, -0.1) is 4.91 Å². The molecule has 3 aromatic rings. The van der Waals surface area contributed by atoms with Crippen molar-refractivity contribution in [3.63, 3.8) is 0 Å². The molecule has 28 heavy (non-hydrogen) atoms. The Bertz CT molecular complexity index is 1030. The Hall–Kier alpha value is -3.32. The highest BCUT2D eigenvalue weighted by molar-refractivity contribution is 7.80. The number of benzene rings is 3. The van der Waals surface area contributed by atoms with Crippen molar-refractivity contribution >= 4 is 45.4 Å². The van der Waals surface area contributed by atoms with Gasteiger partial charge < -0.3 is 10.1 Å². The molecule has 0 spiro atoms. The molecule has 3 aromatic carbocycles. The summed E-state index contributed by atoms with van der Waals surface area (Å²) in [4.78, 5) is 23.4. The summed E-state index contributed by atoms with van der Waals surface area (Å²) in [5.74, 6) is 0.367. The molecule has 0 radical (unpaired) electrons. The molecule has 0 saturated carbocycles. The largest absolute Gasteiger partial charge is 0.491 e. The van der Waals surface area contributed by atoms with Crippen LogP contribution in [0.4, 0.5) is 11.4 Å². The van der Waals surface area contributed by atoms with Gasteiger partial charge in [0.2, 0.25) is 0 Å². The number of anilines is 1. The van der Waals surface area contributed by atoms with Crippen LogP contribution < -0.4 is 15.4 Å². The second-order valence-corrected chi connectivity index (χ2v) is 6.78. The number of ether oxygens (including phenoxy) is 1. The number of rotatable bonds is 5. The number of hydrogen-bond acceptors (Lipinski definition) is 5. The van der Waals surface area contributed by atoms with Crippen molar-refractivity contribution < 1.29 is 9.53 Å². The van der Waals surface area contributed by atoms with Gasteiger partial charge in [-0.1, -0.05) is 24.3 Å². The molecule has 0 bridgehead atoms. The summed E-state index contributed by atoms with van der Waals surface area (Å²) in [6.45, 7) is 3.87. The van der Waals surface area contributed by atoms with E-state index in [1.54, 1.807) is 48.5 Å². The Morgan fingerprint density at radius 1 is 1.00 bits per heavy atom. The SMILES string of the molecule is CC(C)Oc1ccc(C(=O)NC(=S)Nc2cccc3c(N=O)cccc23)cc1. The first kappa shape index (κ1) is 19.4. The van der Waals surface area contributed by atoms with Gasteiger partial charge in [-0.25, -0.2) is 0 Å². The number of amides is 1. The summed E-state index contributed by atoms with van der Waals surface area (Å²) in [7, 11) is 0. The van der Waals surface area contributed by atoms with E-state index in [-0.39, 0.29) is 17.1 Å². The van der Waals surface area contributed by atoms with Crippen molar-refractivity contribution in [3.05, 3.63) is 71.1 Å². The van der Waals surface area contributed by atoms with Gasteiger partial charge in [0, 0.05) is 22.0 Å². The number of fused-ring (bicyclic) bond motifs is 1. The number of hydrogen-bond donors (Lipinski definition) is 2. The van der Waals surface area contributed by atoms with Gasteiger partial charge in [-0.3, -0.25) is 10.1 Å². The first-order chi connectivity index (χ1) is 13.5. The Kier molecular flexibility index (Phi) is 5.96. The maximum atomic E-state index is 12.4. The van der Waals surface area contributed by atoms with Crippen molar-refractivity contribution in [1.29, 1.82) is 0 Å². The summed E-state index contributed by atoms with van der Waals surface area (Å²) in [6.07, 6.45) is 0.0621. The monoisotopic (exact) mass is 393 g/mol. The number of nitroso groups, excluding NO2 is 1. The third-order valence-electron chi connectivity index (χ3n) is 3.96. The zero-order valence-corrected chi connectivity index (χ0v) is 16.2. The van der Waals surface area contributed by atoms with Crippen molar-refractivity contribution in [2.75, 3.05) is 5.32 Å². The summed E-state index contributed by atoms with van der Waals surface area (Å²) in [5.41, 5.74) is 1.49. The highest BCUT2D eigenvalue weighted by Gasteiger charge is 2.11. The van der Waals surface area contributed by atoms with Gasteiger partial charge in [-0.2, -0.15) is 0 Å². The quantitative estimate of drug-likeness (QED) is 0.463. The minimum Gasteiger partial charge on any atom is -0.491 e. The van der Waals surface area contributed by atoms with E-state index < -0.39 is 0 Å². The average molecular weight is 393 g/mol. The Balaban J connectivity index is 1.71. The maximum absolute atomic E-state index is 12.4. The van der Waals surface area contributed by atoms with E-state index in [1.165, 1.54) is 0 Å². The standard InChI is InChI=1S/C21H19N3O3S/c1-13(2)27-15-11-9-14(10-12-15)20(25)23-21(28)22-18-7-3-6-17-16(18)5-4-8-19(17)24-26/h3-13H,1-2H3,(H2,22,23,25,28). The van der Waals surface area contributed by atoms with Crippen molar-refractivity contribution in [2.45, 2.75) is 20.0 Å². The second kappa shape index (κ2) is 8.58. The lowest BCUT2D eigenvalue weighted by Gasteiger charge is -2.13. The Morgan fingerprint density at radius 2 is 1.68 bits per heavy atom. The molecule has 2 N–H and O–H groups in total. The molecule has 0 aliphatic carbocycles. The van der Waals surface area contributed by atoms with Gasteiger partial charge in [0.15, 0.2) is 5.11 Å². The van der Waals surface area contributed by atoms with E-state index in [2.05, 4.69) is 15.8 Å². The first-order valence-electron chi connectivity index (χ1n) is 8.72. The predicted octanol–water partition coefficient (Wildman–Crippen LogP) is 5.15. The van der Waals surface area contributed by atoms with Crippen LogP contribution in [0.15, 0.2) is 65.8 Å². The molecule has 1 amide bonds. The highest BCUT2D eigenvalue weighted by atomic mass is 32.1. The summed E-state index contributed by atoms with van der Waals surface area (Å²) < 4.78 is 5.57. The molecular weight excluding hydrogens is 374 g/mol. The molecule has 0 saturated heterocycles. The van der Waals surface area contributed by atoms with Crippen molar-refractivity contribution in [3.8, 4) is 5.75 Å². The lowest BCUT2D eigenvalue weighted by molar-refractivity contribution is 0.0977. The highest BCUT2D eigenvalue weighted by Crippen LogP contribution is 2.30. The molecule has 0 aliphatic heterocycles. The maximum Gasteiger partial charge on any atom is 0.257 e. The minimum absolute atomic E-state index is 0.0621. The molecule has 0 unspecified atom stereocenters. The first-order valence-corrected chi connectivity index (χ1v) is 9.13. The van der Waals surface area contributed by atoms with E-state index in [4.69, 9.17) is 17.0 Å². The van der Waals surface area contributed by atoms with Crippen LogP contribution in [0.2, 0.25) is 0 Å².